The Morgan fingerprint density at radius 2 is 2.12 bits per heavy atom. The van der Waals surface area contributed by atoms with Gasteiger partial charge in [-0.1, -0.05) is 17.7 Å². The SMILES string of the molecule is NC1C(=O)N=C(c2c(F)cccc2Cl)NC1=O. The zero-order chi connectivity index (χ0) is 12.6. The maximum atomic E-state index is 13.5. The normalized spacial score (nSPS) is 19.9. The van der Waals surface area contributed by atoms with Crippen LogP contribution in [0.1, 0.15) is 5.56 Å². The van der Waals surface area contributed by atoms with Crippen molar-refractivity contribution in [2.45, 2.75) is 6.04 Å². The molecule has 1 aromatic rings. The number of aliphatic imine (C=N–C) groups is 1. The highest BCUT2D eigenvalue weighted by Crippen LogP contribution is 2.20. The Balaban J connectivity index is 2.52. The number of carbonyl (C=O) groups excluding carboxylic acids is 2. The van der Waals surface area contributed by atoms with Crippen molar-refractivity contribution in [2.24, 2.45) is 10.7 Å². The minimum absolute atomic E-state index is 0.0484. The first-order chi connectivity index (χ1) is 8.00. The summed E-state index contributed by atoms with van der Waals surface area (Å²) in [7, 11) is 0. The van der Waals surface area contributed by atoms with Crippen LogP contribution in [0, 0.1) is 5.82 Å². The van der Waals surface area contributed by atoms with Crippen LogP contribution in [0.25, 0.3) is 0 Å². The highest BCUT2D eigenvalue weighted by Gasteiger charge is 2.30. The molecule has 5 nitrogen and oxygen atoms in total. The molecular formula is C10H7ClFN3O2. The number of nitrogens with two attached hydrogens (primary N) is 1. The first kappa shape index (κ1) is 11.7. The van der Waals surface area contributed by atoms with Gasteiger partial charge in [0, 0.05) is 0 Å². The van der Waals surface area contributed by atoms with E-state index in [9.17, 15) is 14.0 Å². The second-order valence-corrected chi connectivity index (χ2v) is 3.77. The van der Waals surface area contributed by atoms with E-state index in [0.29, 0.717) is 0 Å². The van der Waals surface area contributed by atoms with Crippen molar-refractivity contribution in [3.05, 3.63) is 34.6 Å². The van der Waals surface area contributed by atoms with Crippen molar-refractivity contribution < 1.29 is 14.0 Å². The Morgan fingerprint density at radius 1 is 1.41 bits per heavy atom. The van der Waals surface area contributed by atoms with E-state index in [-0.39, 0.29) is 16.4 Å². The molecule has 17 heavy (non-hydrogen) atoms. The van der Waals surface area contributed by atoms with Gasteiger partial charge in [0.2, 0.25) is 0 Å². The zero-order valence-electron chi connectivity index (χ0n) is 8.41. The van der Waals surface area contributed by atoms with Crippen LogP contribution >= 0.6 is 11.6 Å². The third-order valence-electron chi connectivity index (χ3n) is 2.21. The van der Waals surface area contributed by atoms with Gasteiger partial charge in [0.15, 0.2) is 6.04 Å². The van der Waals surface area contributed by atoms with Crippen LogP contribution in [0.2, 0.25) is 5.02 Å². The molecule has 2 rings (SSSR count). The number of rotatable bonds is 1. The van der Waals surface area contributed by atoms with Crippen LogP contribution < -0.4 is 11.1 Å². The van der Waals surface area contributed by atoms with E-state index in [2.05, 4.69) is 10.3 Å². The quantitative estimate of drug-likeness (QED) is 0.704. The number of hydrogen-bond donors (Lipinski definition) is 2. The van der Waals surface area contributed by atoms with Gasteiger partial charge in [0.05, 0.1) is 10.6 Å². The molecule has 0 spiro atoms. The number of hydrogen-bond acceptors (Lipinski definition) is 3. The van der Waals surface area contributed by atoms with Crippen molar-refractivity contribution in [3.8, 4) is 0 Å². The van der Waals surface area contributed by atoms with E-state index in [4.69, 9.17) is 17.3 Å². The van der Waals surface area contributed by atoms with Gasteiger partial charge in [0.25, 0.3) is 11.8 Å². The van der Waals surface area contributed by atoms with Gasteiger partial charge >= 0.3 is 0 Å². The average molecular weight is 256 g/mol. The van der Waals surface area contributed by atoms with E-state index >= 15 is 0 Å². The largest absolute Gasteiger partial charge is 0.312 e. The molecular weight excluding hydrogens is 249 g/mol. The number of carbonyl (C=O) groups is 2. The molecule has 1 heterocycles. The summed E-state index contributed by atoms with van der Waals surface area (Å²) in [5.41, 5.74) is 5.12. The Kier molecular flexibility index (Phi) is 2.91. The molecule has 1 aliphatic rings. The number of nitrogens with one attached hydrogen (secondary N) is 1. The Labute approximate surface area is 100 Å². The predicted molar refractivity (Wildman–Crippen MR) is 59.1 cm³/mol. The fourth-order valence-electron chi connectivity index (χ4n) is 1.36. The Morgan fingerprint density at radius 3 is 2.71 bits per heavy atom. The lowest BCUT2D eigenvalue weighted by Crippen LogP contribution is -2.52. The molecule has 1 atom stereocenters. The average Bonchev–Trinajstić information content (AvgIpc) is 2.25. The van der Waals surface area contributed by atoms with Crippen LogP contribution in [0.5, 0.6) is 0 Å². The molecule has 88 valence electrons. The van der Waals surface area contributed by atoms with Gasteiger partial charge in [-0.3, -0.25) is 9.59 Å². The highest BCUT2D eigenvalue weighted by atomic mass is 35.5. The molecule has 0 radical (unpaired) electrons. The van der Waals surface area contributed by atoms with Crippen LogP contribution in [0.4, 0.5) is 4.39 Å². The molecule has 0 saturated carbocycles. The fraction of sp³-hybridized carbons (Fsp3) is 0.100. The number of amides is 2. The number of amidine groups is 1. The maximum Gasteiger partial charge on any atom is 0.274 e. The van der Waals surface area contributed by atoms with Crippen LogP contribution in [0.15, 0.2) is 23.2 Å². The molecule has 0 saturated heterocycles. The van der Waals surface area contributed by atoms with Crippen molar-refractivity contribution in [1.29, 1.82) is 0 Å². The molecule has 1 aliphatic heterocycles. The summed E-state index contributed by atoms with van der Waals surface area (Å²) in [6, 6.07) is 2.62. The Bertz CT molecular complexity index is 524. The summed E-state index contributed by atoms with van der Waals surface area (Å²) in [5.74, 6) is -2.47. The van der Waals surface area contributed by atoms with E-state index in [1.165, 1.54) is 12.1 Å². The fourth-order valence-corrected chi connectivity index (χ4v) is 1.61. The summed E-state index contributed by atoms with van der Waals surface area (Å²) in [6.45, 7) is 0. The topological polar surface area (TPSA) is 84.6 Å². The van der Waals surface area contributed by atoms with Crippen LogP contribution in [-0.4, -0.2) is 23.7 Å². The molecule has 0 aromatic heterocycles. The van der Waals surface area contributed by atoms with E-state index < -0.39 is 23.7 Å². The summed E-state index contributed by atoms with van der Waals surface area (Å²) >= 11 is 5.78. The van der Waals surface area contributed by atoms with E-state index in [0.717, 1.165) is 6.07 Å². The molecule has 0 fully saturated rings. The standard InChI is InChI=1S/C10H7ClFN3O2/c11-4-2-1-3-5(12)6(4)8-14-9(16)7(13)10(17)15-8/h1-3,7H,13H2,(H,14,15,16,17). The van der Waals surface area contributed by atoms with Gasteiger partial charge in [-0.2, -0.15) is 4.99 Å². The molecule has 0 bridgehead atoms. The highest BCUT2D eigenvalue weighted by molar-refractivity contribution is 6.35. The van der Waals surface area contributed by atoms with Gasteiger partial charge in [-0.25, -0.2) is 4.39 Å². The number of benzene rings is 1. The van der Waals surface area contributed by atoms with Gasteiger partial charge in [0.1, 0.15) is 11.7 Å². The molecule has 2 amide bonds. The van der Waals surface area contributed by atoms with Gasteiger partial charge < -0.3 is 11.1 Å². The Hall–Kier alpha value is -1.79. The smallest absolute Gasteiger partial charge is 0.274 e. The lowest BCUT2D eigenvalue weighted by Gasteiger charge is -2.17. The first-order valence-corrected chi connectivity index (χ1v) is 5.02. The minimum atomic E-state index is -1.36. The van der Waals surface area contributed by atoms with Crippen molar-refractivity contribution in [3.63, 3.8) is 0 Å². The summed E-state index contributed by atoms with van der Waals surface area (Å²) < 4.78 is 13.5. The van der Waals surface area contributed by atoms with Crippen molar-refractivity contribution in [1.82, 2.24) is 5.32 Å². The summed E-state index contributed by atoms with van der Waals surface area (Å²) in [4.78, 5) is 26.1. The monoisotopic (exact) mass is 255 g/mol. The second kappa shape index (κ2) is 4.23. The molecule has 0 aliphatic carbocycles. The van der Waals surface area contributed by atoms with Crippen molar-refractivity contribution in [2.75, 3.05) is 0 Å². The lowest BCUT2D eigenvalue weighted by molar-refractivity contribution is -0.129. The number of nitrogens with zero attached hydrogens (tertiary/aromatic N) is 1. The van der Waals surface area contributed by atoms with Gasteiger partial charge in [-0.15, -0.1) is 0 Å². The molecule has 1 unspecified atom stereocenters. The lowest BCUT2D eigenvalue weighted by atomic mass is 10.1. The van der Waals surface area contributed by atoms with Crippen LogP contribution in [-0.2, 0) is 9.59 Å². The maximum absolute atomic E-state index is 13.5. The van der Waals surface area contributed by atoms with Crippen LogP contribution in [0.3, 0.4) is 0 Å². The third-order valence-corrected chi connectivity index (χ3v) is 2.53. The first-order valence-electron chi connectivity index (χ1n) is 4.64. The van der Waals surface area contributed by atoms with Crippen molar-refractivity contribution >= 4 is 29.3 Å². The minimum Gasteiger partial charge on any atom is -0.312 e. The predicted octanol–water partition coefficient (Wildman–Crippen LogP) is 0.209. The number of halogens is 2. The van der Waals surface area contributed by atoms with E-state index in [1.807, 2.05) is 0 Å². The third kappa shape index (κ3) is 2.04. The molecule has 7 heteroatoms. The summed E-state index contributed by atoms with van der Waals surface area (Å²) in [5, 5.41) is 2.28. The zero-order valence-corrected chi connectivity index (χ0v) is 9.16. The second-order valence-electron chi connectivity index (χ2n) is 3.36. The molecule has 1 aromatic carbocycles. The summed E-state index contributed by atoms with van der Waals surface area (Å²) in [6.07, 6.45) is 0. The van der Waals surface area contributed by atoms with Gasteiger partial charge in [-0.05, 0) is 12.1 Å². The molecule has 3 N–H and O–H groups in total. The van der Waals surface area contributed by atoms with E-state index in [1.54, 1.807) is 0 Å².